The average molecular weight is 258 g/mol. The van der Waals surface area contributed by atoms with Crippen molar-refractivity contribution < 1.29 is 4.74 Å². The highest BCUT2D eigenvalue weighted by atomic mass is 16.5. The van der Waals surface area contributed by atoms with Crippen LogP contribution >= 0.6 is 0 Å². The summed E-state index contributed by atoms with van der Waals surface area (Å²) in [7, 11) is 1.70. The molecule has 0 aliphatic carbocycles. The summed E-state index contributed by atoms with van der Waals surface area (Å²) in [5, 5.41) is 0. The second-order valence-corrected chi connectivity index (χ2v) is 5.20. The monoisotopic (exact) mass is 258 g/mol. The van der Waals surface area contributed by atoms with Crippen molar-refractivity contribution in [3.63, 3.8) is 0 Å². The predicted octanol–water partition coefficient (Wildman–Crippen LogP) is 3.20. The Morgan fingerprint density at radius 1 is 1.21 bits per heavy atom. The molecule has 3 heteroatoms. The van der Waals surface area contributed by atoms with Crippen molar-refractivity contribution in [3.8, 4) is 5.75 Å². The van der Waals surface area contributed by atoms with Gasteiger partial charge in [-0.05, 0) is 23.6 Å². The van der Waals surface area contributed by atoms with Crippen molar-refractivity contribution >= 4 is 0 Å². The van der Waals surface area contributed by atoms with E-state index >= 15 is 0 Å². The third-order valence-electron chi connectivity index (χ3n) is 3.42. The average Bonchev–Trinajstić information content (AvgIpc) is 2.87. The van der Waals surface area contributed by atoms with E-state index in [1.54, 1.807) is 7.11 Å². The molecule has 0 saturated heterocycles. The molecule has 0 bridgehead atoms. The molecule has 102 valence electrons. The quantitative estimate of drug-likeness (QED) is 0.894. The van der Waals surface area contributed by atoms with Gasteiger partial charge < -0.3 is 15.0 Å². The van der Waals surface area contributed by atoms with Crippen LogP contribution in [0, 0.1) is 5.92 Å². The Morgan fingerprint density at radius 3 is 2.63 bits per heavy atom. The van der Waals surface area contributed by atoms with Crippen LogP contribution in [0.2, 0.25) is 0 Å². The molecule has 0 amide bonds. The van der Waals surface area contributed by atoms with Gasteiger partial charge in [0.25, 0.3) is 0 Å². The van der Waals surface area contributed by atoms with Crippen LogP contribution in [0.4, 0.5) is 0 Å². The molecule has 1 unspecified atom stereocenters. The second-order valence-electron chi connectivity index (χ2n) is 5.20. The zero-order chi connectivity index (χ0) is 13.8. The molecule has 0 fully saturated rings. The van der Waals surface area contributed by atoms with Crippen molar-refractivity contribution in [2.75, 3.05) is 7.11 Å². The number of nitrogens with zero attached hydrogens (tertiary/aromatic N) is 1. The lowest BCUT2D eigenvalue weighted by molar-refractivity contribution is 0.408. The number of ether oxygens (including phenoxy) is 1. The first-order valence-electron chi connectivity index (χ1n) is 6.65. The molecule has 0 spiro atoms. The van der Waals surface area contributed by atoms with Crippen LogP contribution in [0.25, 0.3) is 0 Å². The Bertz CT molecular complexity index is 531. The number of aromatic nitrogens is 1. The van der Waals surface area contributed by atoms with E-state index in [2.05, 4.69) is 42.9 Å². The maximum Gasteiger partial charge on any atom is 0.123 e. The molecular formula is C16H22N2O. The van der Waals surface area contributed by atoms with Crippen molar-refractivity contribution in [2.24, 2.45) is 11.7 Å². The molecule has 1 aromatic carbocycles. The van der Waals surface area contributed by atoms with Gasteiger partial charge >= 0.3 is 0 Å². The van der Waals surface area contributed by atoms with Crippen molar-refractivity contribution in [1.82, 2.24) is 4.57 Å². The predicted molar refractivity (Wildman–Crippen MR) is 78.3 cm³/mol. The van der Waals surface area contributed by atoms with E-state index in [0.29, 0.717) is 5.92 Å². The van der Waals surface area contributed by atoms with Crippen LogP contribution < -0.4 is 10.5 Å². The molecule has 2 rings (SSSR count). The minimum Gasteiger partial charge on any atom is -0.496 e. The van der Waals surface area contributed by atoms with Gasteiger partial charge in [0.15, 0.2) is 0 Å². The van der Waals surface area contributed by atoms with E-state index < -0.39 is 0 Å². The van der Waals surface area contributed by atoms with Crippen molar-refractivity contribution in [3.05, 3.63) is 53.9 Å². The zero-order valence-corrected chi connectivity index (χ0v) is 11.8. The maximum absolute atomic E-state index is 6.16. The van der Waals surface area contributed by atoms with Gasteiger partial charge in [-0.15, -0.1) is 0 Å². The molecule has 2 N–H and O–H groups in total. The van der Waals surface area contributed by atoms with Crippen LogP contribution in [-0.2, 0) is 6.54 Å². The smallest absolute Gasteiger partial charge is 0.123 e. The van der Waals surface area contributed by atoms with Gasteiger partial charge in [0.1, 0.15) is 5.75 Å². The first kappa shape index (κ1) is 13.7. The maximum atomic E-state index is 6.16. The van der Waals surface area contributed by atoms with E-state index in [0.717, 1.165) is 12.3 Å². The highest BCUT2D eigenvalue weighted by Crippen LogP contribution is 2.22. The van der Waals surface area contributed by atoms with Gasteiger partial charge in [0, 0.05) is 24.0 Å². The minimum atomic E-state index is 0.0962. The summed E-state index contributed by atoms with van der Waals surface area (Å²) >= 11 is 0. The highest BCUT2D eigenvalue weighted by Gasteiger charge is 2.12. The molecule has 19 heavy (non-hydrogen) atoms. The number of rotatable bonds is 5. The number of benzene rings is 1. The summed E-state index contributed by atoms with van der Waals surface area (Å²) in [4.78, 5) is 0. The summed E-state index contributed by atoms with van der Waals surface area (Å²) < 4.78 is 7.52. The molecule has 1 aromatic heterocycles. The summed E-state index contributed by atoms with van der Waals surface area (Å²) in [6.07, 6.45) is 4.20. The standard InChI is InChI=1S/C16H22N2O/c1-12(2)16(17)14-8-9-18(11-14)10-13-6-4-5-7-15(13)19-3/h4-9,11-12,16H,10,17H2,1-3H3. The Labute approximate surface area is 115 Å². The van der Waals surface area contributed by atoms with Crippen LogP contribution in [0.1, 0.15) is 31.0 Å². The highest BCUT2D eigenvalue weighted by molar-refractivity contribution is 5.33. The van der Waals surface area contributed by atoms with Crippen molar-refractivity contribution in [2.45, 2.75) is 26.4 Å². The van der Waals surface area contributed by atoms with Gasteiger partial charge in [-0.1, -0.05) is 32.0 Å². The lowest BCUT2D eigenvalue weighted by Crippen LogP contribution is -2.15. The van der Waals surface area contributed by atoms with Gasteiger partial charge in [0.05, 0.1) is 13.7 Å². The number of methoxy groups -OCH3 is 1. The molecule has 1 heterocycles. The molecule has 1 atom stereocenters. The number of nitrogens with two attached hydrogens (primary N) is 1. The topological polar surface area (TPSA) is 40.2 Å². The minimum absolute atomic E-state index is 0.0962. The summed E-state index contributed by atoms with van der Waals surface area (Å²) in [5.41, 5.74) is 8.52. The first-order valence-corrected chi connectivity index (χ1v) is 6.65. The number of hydrogen-bond acceptors (Lipinski definition) is 2. The van der Waals surface area contributed by atoms with Crippen LogP contribution in [0.3, 0.4) is 0 Å². The van der Waals surface area contributed by atoms with Gasteiger partial charge in [-0.3, -0.25) is 0 Å². The van der Waals surface area contributed by atoms with E-state index in [9.17, 15) is 0 Å². The Hall–Kier alpha value is -1.74. The second kappa shape index (κ2) is 5.93. The zero-order valence-electron chi connectivity index (χ0n) is 11.8. The molecular weight excluding hydrogens is 236 g/mol. The lowest BCUT2D eigenvalue weighted by Gasteiger charge is -2.13. The fourth-order valence-corrected chi connectivity index (χ4v) is 2.17. The lowest BCUT2D eigenvalue weighted by atomic mass is 10.00. The Morgan fingerprint density at radius 2 is 1.95 bits per heavy atom. The van der Waals surface area contributed by atoms with Gasteiger partial charge in [0.2, 0.25) is 0 Å². The third-order valence-corrected chi connectivity index (χ3v) is 3.42. The fourth-order valence-electron chi connectivity index (χ4n) is 2.17. The van der Waals surface area contributed by atoms with Crippen LogP contribution in [0.15, 0.2) is 42.7 Å². The summed E-state index contributed by atoms with van der Waals surface area (Å²) in [6.45, 7) is 5.08. The summed E-state index contributed by atoms with van der Waals surface area (Å²) in [6, 6.07) is 10.3. The molecule has 2 aromatic rings. The van der Waals surface area contributed by atoms with E-state index in [1.807, 2.05) is 18.2 Å². The number of hydrogen-bond donors (Lipinski definition) is 1. The molecule has 0 aliphatic rings. The van der Waals surface area contributed by atoms with E-state index in [-0.39, 0.29) is 6.04 Å². The van der Waals surface area contributed by atoms with E-state index in [4.69, 9.17) is 10.5 Å². The largest absolute Gasteiger partial charge is 0.496 e. The molecule has 0 radical (unpaired) electrons. The van der Waals surface area contributed by atoms with Gasteiger partial charge in [-0.2, -0.15) is 0 Å². The summed E-state index contributed by atoms with van der Waals surface area (Å²) in [5.74, 6) is 1.37. The van der Waals surface area contributed by atoms with Gasteiger partial charge in [-0.25, -0.2) is 0 Å². The molecule has 3 nitrogen and oxygen atoms in total. The van der Waals surface area contributed by atoms with Crippen LogP contribution in [0.5, 0.6) is 5.75 Å². The van der Waals surface area contributed by atoms with Crippen LogP contribution in [-0.4, -0.2) is 11.7 Å². The fraction of sp³-hybridized carbons (Fsp3) is 0.375. The molecule has 0 saturated carbocycles. The SMILES string of the molecule is COc1ccccc1Cn1ccc(C(N)C(C)C)c1. The third kappa shape index (κ3) is 3.18. The first-order chi connectivity index (χ1) is 9.11. The van der Waals surface area contributed by atoms with Crippen molar-refractivity contribution in [1.29, 1.82) is 0 Å². The Kier molecular flexibility index (Phi) is 4.27. The van der Waals surface area contributed by atoms with E-state index in [1.165, 1.54) is 11.1 Å². The Balaban J connectivity index is 2.16. The normalized spacial score (nSPS) is 12.7. The number of para-hydroxylation sites is 1. The molecule has 0 aliphatic heterocycles.